The van der Waals surface area contributed by atoms with E-state index in [1.165, 1.54) is 0 Å². The minimum absolute atomic E-state index is 0.0631. The van der Waals surface area contributed by atoms with Crippen LogP contribution in [0.25, 0.3) is 77.2 Å². The van der Waals surface area contributed by atoms with Crippen molar-refractivity contribution in [3.05, 3.63) is 236 Å². The zero-order chi connectivity index (χ0) is 45.8. The molecular formula is C56H39N. The van der Waals surface area contributed by atoms with Gasteiger partial charge in [-0.15, -0.1) is 0 Å². The number of anilines is 3. The first-order valence-corrected chi connectivity index (χ1v) is 18.9. The SMILES string of the molecule is [2H]c1c([2H])c([2H])c(-c2ccccc2N(c2ccccc2-c2ccccc2-c2ccccc2-c2ccccc2)c2c([2H])c([2H])c(-c3ccc4c(ccc5ccccc54)c3)c([2H])c2[2H])c([2H])c1[2H]. The van der Waals surface area contributed by atoms with Crippen LogP contribution in [-0.2, 0) is 0 Å². The first kappa shape index (κ1) is 25.6. The first-order chi connectivity index (χ1) is 32.0. The summed E-state index contributed by atoms with van der Waals surface area (Å²) < 4.78 is 82.8. The van der Waals surface area contributed by atoms with Crippen molar-refractivity contribution in [3.63, 3.8) is 0 Å². The Balaban J connectivity index is 1.25. The molecule has 0 amide bonds. The Morgan fingerprint density at radius 1 is 0.298 bits per heavy atom. The maximum absolute atomic E-state index is 9.86. The van der Waals surface area contributed by atoms with Gasteiger partial charge in [0.15, 0.2) is 0 Å². The van der Waals surface area contributed by atoms with Crippen LogP contribution in [0.3, 0.4) is 0 Å². The third-order valence-electron chi connectivity index (χ3n) is 10.4. The van der Waals surface area contributed by atoms with Crippen molar-refractivity contribution < 1.29 is 12.3 Å². The lowest BCUT2D eigenvalue weighted by Crippen LogP contribution is -2.12. The molecule has 0 aliphatic carbocycles. The fourth-order valence-corrected chi connectivity index (χ4v) is 7.80. The topological polar surface area (TPSA) is 3.24 Å². The molecule has 0 saturated heterocycles. The van der Waals surface area contributed by atoms with Crippen molar-refractivity contribution in [1.82, 2.24) is 0 Å². The minimum Gasteiger partial charge on any atom is -0.309 e. The largest absolute Gasteiger partial charge is 0.309 e. The molecule has 10 aromatic carbocycles. The van der Waals surface area contributed by atoms with Crippen LogP contribution in [0.1, 0.15) is 12.3 Å². The van der Waals surface area contributed by atoms with E-state index < -0.39 is 30.2 Å². The van der Waals surface area contributed by atoms with Gasteiger partial charge in [0, 0.05) is 16.8 Å². The van der Waals surface area contributed by atoms with Crippen LogP contribution >= 0.6 is 0 Å². The van der Waals surface area contributed by atoms with E-state index in [0.717, 1.165) is 49.4 Å². The highest BCUT2D eigenvalue weighted by atomic mass is 15.1. The van der Waals surface area contributed by atoms with Gasteiger partial charge in [0.2, 0.25) is 0 Å². The lowest BCUT2D eigenvalue weighted by Gasteiger charge is -2.30. The van der Waals surface area contributed by atoms with Crippen LogP contribution in [0, 0.1) is 0 Å². The minimum atomic E-state index is -0.530. The molecule has 0 saturated carbocycles. The molecule has 0 N–H and O–H groups in total. The normalized spacial score (nSPS) is 13.4. The molecule has 0 bridgehead atoms. The molecule has 0 fully saturated rings. The predicted octanol–water partition coefficient (Wildman–Crippen LogP) is 15.8. The smallest absolute Gasteiger partial charge is 0.0645 e. The molecule has 1 heteroatoms. The number of benzene rings is 10. The third kappa shape index (κ3) is 6.46. The Kier molecular flexibility index (Phi) is 6.72. The first-order valence-electron chi connectivity index (χ1n) is 23.4. The Morgan fingerprint density at radius 3 is 1.56 bits per heavy atom. The van der Waals surface area contributed by atoms with Crippen molar-refractivity contribution in [3.8, 4) is 55.6 Å². The van der Waals surface area contributed by atoms with Crippen molar-refractivity contribution in [2.24, 2.45) is 0 Å². The van der Waals surface area contributed by atoms with Gasteiger partial charge in [-0.3, -0.25) is 0 Å². The second kappa shape index (κ2) is 15.0. The summed E-state index contributed by atoms with van der Waals surface area (Å²) in [6.07, 6.45) is 0. The van der Waals surface area contributed by atoms with E-state index in [1.807, 2.05) is 121 Å². The molecule has 57 heavy (non-hydrogen) atoms. The molecule has 0 aromatic heterocycles. The standard InChI is InChI=1S/C56H39N/c1-3-17-41(18-4-1)48-23-9-10-25-51(48)52-26-11-12-27-53(52)54-28-14-16-30-56(54)57(55-29-15-13-24-50(55)42-19-5-2-6-20-42)46-36-33-40(34-37-46)44-35-38-49-45(39-44)32-31-43-21-7-8-22-47(43)49/h1-39H/i2D,5D,6D,19D,20D,33D,34D,36D,37D. The lowest BCUT2D eigenvalue weighted by atomic mass is 9.88. The van der Waals surface area contributed by atoms with E-state index in [0.29, 0.717) is 16.8 Å². The fraction of sp³-hybridized carbons (Fsp3) is 0. The zero-order valence-electron chi connectivity index (χ0n) is 39.8. The molecule has 10 rings (SSSR count). The summed E-state index contributed by atoms with van der Waals surface area (Å²) in [4.78, 5) is 1.66. The van der Waals surface area contributed by atoms with Crippen LogP contribution in [0.5, 0.6) is 0 Å². The molecule has 0 heterocycles. The van der Waals surface area contributed by atoms with Crippen molar-refractivity contribution in [2.45, 2.75) is 0 Å². The van der Waals surface area contributed by atoms with Crippen LogP contribution in [0.2, 0.25) is 0 Å². The summed E-state index contributed by atoms with van der Waals surface area (Å²) in [5.74, 6) is 0. The molecule has 0 aliphatic rings. The maximum Gasteiger partial charge on any atom is 0.0645 e. The molecule has 1 nitrogen and oxygen atoms in total. The van der Waals surface area contributed by atoms with E-state index in [9.17, 15) is 5.48 Å². The Labute approximate surface area is 347 Å². The molecule has 10 aromatic rings. The van der Waals surface area contributed by atoms with Gasteiger partial charge in [-0.1, -0.05) is 206 Å². The van der Waals surface area contributed by atoms with Crippen molar-refractivity contribution in [1.29, 1.82) is 0 Å². The van der Waals surface area contributed by atoms with Gasteiger partial charge >= 0.3 is 0 Å². The lowest BCUT2D eigenvalue weighted by molar-refractivity contribution is 1.28. The van der Waals surface area contributed by atoms with Crippen molar-refractivity contribution >= 4 is 38.6 Å². The molecular weight excluding hydrogens is 687 g/mol. The third-order valence-corrected chi connectivity index (χ3v) is 10.4. The average Bonchev–Trinajstić information content (AvgIpc) is 3.36. The quantitative estimate of drug-likeness (QED) is 0.141. The van der Waals surface area contributed by atoms with E-state index in [2.05, 4.69) is 36.4 Å². The summed E-state index contributed by atoms with van der Waals surface area (Å²) in [7, 11) is 0. The van der Waals surface area contributed by atoms with Crippen LogP contribution in [0.4, 0.5) is 17.1 Å². The Bertz CT molecular complexity index is 3490. The fourth-order valence-electron chi connectivity index (χ4n) is 7.80. The number of fused-ring (bicyclic) bond motifs is 3. The summed E-state index contributed by atoms with van der Waals surface area (Å²) in [5.41, 5.74) is 6.97. The van der Waals surface area contributed by atoms with Gasteiger partial charge in [0.05, 0.1) is 23.7 Å². The number of hydrogen-bond acceptors (Lipinski definition) is 1. The van der Waals surface area contributed by atoms with Gasteiger partial charge in [-0.25, -0.2) is 0 Å². The predicted molar refractivity (Wildman–Crippen MR) is 243 cm³/mol. The van der Waals surface area contributed by atoms with Crippen molar-refractivity contribution in [2.75, 3.05) is 4.90 Å². The molecule has 0 unspecified atom stereocenters. The van der Waals surface area contributed by atoms with E-state index in [-0.39, 0.29) is 52.2 Å². The van der Waals surface area contributed by atoms with Gasteiger partial charge in [0.1, 0.15) is 0 Å². The molecule has 0 spiro atoms. The van der Waals surface area contributed by atoms with Gasteiger partial charge in [-0.05, 0) is 96.3 Å². The highest BCUT2D eigenvalue weighted by Gasteiger charge is 2.22. The van der Waals surface area contributed by atoms with Crippen LogP contribution < -0.4 is 4.90 Å². The summed E-state index contributed by atoms with van der Waals surface area (Å²) >= 11 is 0. The number of nitrogens with zero attached hydrogens (tertiary/aromatic N) is 1. The van der Waals surface area contributed by atoms with Crippen LogP contribution in [0.15, 0.2) is 236 Å². The summed E-state index contributed by atoms with van der Waals surface area (Å²) in [5, 5.41) is 4.04. The van der Waals surface area contributed by atoms with Gasteiger partial charge < -0.3 is 4.90 Å². The Morgan fingerprint density at radius 2 is 0.825 bits per heavy atom. The zero-order valence-corrected chi connectivity index (χ0v) is 30.8. The second-order valence-electron chi connectivity index (χ2n) is 13.8. The molecule has 0 aliphatic heterocycles. The van der Waals surface area contributed by atoms with E-state index >= 15 is 0 Å². The summed E-state index contributed by atoms with van der Waals surface area (Å²) in [6.45, 7) is 0. The molecule has 0 atom stereocenters. The molecule has 0 radical (unpaired) electrons. The average molecular weight is 735 g/mol. The molecule has 268 valence electrons. The number of hydrogen-bond donors (Lipinski definition) is 0. The Hall–Kier alpha value is -7.48. The second-order valence-corrected chi connectivity index (χ2v) is 13.8. The van der Waals surface area contributed by atoms with Gasteiger partial charge in [0.25, 0.3) is 0 Å². The maximum atomic E-state index is 9.86. The van der Waals surface area contributed by atoms with E-state index in [1.54, 1.807) is 29.2 Å². The highest BCUT2D eigenvalue weighted by Crippen LogP contribution is 2.47. The number of rotatable bonds is 8. The van der Waals surface area contributed by atoms with Crippen LogP contribution in [-0.4, -0.2) is 0 Å². The number of para-hydroxylation sites is 2. The van der Waals surface area contributed by atoms with Gasteiger partial charge in [-0.2, -0.15) is 0 Å². The summed E-state index contributed by atoms with van der Waals surface area (Å²) in [6, 6.07) is 54.9. The monoisotopic (exact) mass is 734 g/mol. The van der Waals surface area contributed by atoms with E-state index in [4.69, 9.17) is 6.85 Å². The highest BCUT2D eigenvalue weighted by molar-refractivity contribution is 6.08.